The monoisotopic (exact) mass is 548 g/mol. The summed E-state index contributed by atoms with van der Waals surface area (Å²) in [6, 6.07) is 10.9. The van der Waals surface area contributed by atoms with E-state index in [9.17, 15) is 19.5 Å². The average molecular weight is 549 g/mol. The van der Waals surface area contributed by atoms with Crippen molar-refractivity contribution in [2.24, 2.45) is 0 Å². The van der Waals surface area contributed by atoms with Gasteiger partial charge in [0.15, 0.2) is 16.6 Å². The fraction of sp³-hybridized carbons (Fsp3) is 0.241. The molecule has 1 fully saturated rings. The molecule has 1 aliphatic rings. The van der Waals surface area contributed by atoms with E-state index in [1.54, 1.807) is 55.5 Å². The van der Waals surface area contributed by atoms with Gasteiger partial charge in [0.1, 0.15) is 17.2 Å². The van der Waals surface area contributed by atoms with Crippen LogP contribution in [0.4, 0.5) is 5.13 Å². The van der Waals surface area contributed by atoms with E-state index in [2.05, 4.69) is 11.6 Å². The summed E-state index contributed by atoms with van der Waals surface area (Å²) < 4.78 is 16.3. The van der Waals surface area contributed by atoms with E-state index in [0.29, 0.717) is 34.9 Å². The van der Waals surface area contributed by atoms with Gasteiger partial charge in [-0.15, -0.1) is 0 Å². The quantitative estimate of drug-likeness (QED) is 0.129. The first-order chi connectivity index (χ1) is 18.7. The lowest BCUT2D eigenvalue weighted by atomic mass is 9.95. The van der Waals surface area contributed by atoms with Gasteiger partial charge in [-0.05, 0) is 38.5 Å². The molecule has 1 aromatic heterocycles. The Bertz CT molecular complexity index is 1470. The largest absolute Gasteiger partial charge is 0.507 e. The summed E-state index contributed by atoms with van der Waals surface area (Å²) in [5.41, 5.74) is 2.06. The highest BCUT2D eigenvalue weighted by molar-refractivity contribution is 7.17. The number of ketones is 1. The van der Waals surface area contributed by atoms with Crippen LogP contribution in [0.5, 0.6) is 11.5 Å². The van der Waals surface area contributed by atoms with Crippen molar-refractivity contribution in [2.45, 2.75) is 26.8 Å². The molecule has 4 rings (SSSR count). The Labute approximate surface area is 230 Å². The average Bonchev–Trinajstić information content (AvgIpc) is 3.44. The van der Waals surface area contributed by atoms with Crippen LogP contribution in [0.2, 0.25) is 0 Å². The highest BCUT2D eigenvalue weighted by Crippen LogP contribution is 2.45. The molecular formula is C29H28N2O7S. The lowest BCUT2D eigenvalue weighted by Crippen LogP contribution is -2.29. The zero-order chi connectivity index (χ0) is 28.3. The van der Waals surface area contributed by atoms with Crippen LogP contribution in [0.3, 0.4) is 0 Å². The van der Waals surface area contributed by atoms with Gasteiger partial charge in [0.05, 0.1) is 31.0 Å². The number of aromatic nitrogens is 1. The number of carbonyl (C=O) groups is 3. The Balaban J connectivity index is 1.94. The van der Waals surface area contributed by atoms with E-state index < -0.39 is 23.7 Å². The summed E-state index contributed by atoms with van der Waals surface area (Å²) in [5, 5.41) is 11.5. The molecule has 0 spiro atoms. The van der Waals surface area contributed by atoms with Crippen LogP contribution >= 0.6 is 11.3 Å². The number of anilines is 1. The molecule has 0 radical (unpaired) electrons. The van der Waals surface area contributed by atoms with E-state index in [1.165, 1.54) is 12.0 Å². The van der Waals surface area contributed by atoms with Crippen molar-refractivity contribution in [2.75, 3.05) is 25.2 Å². The highest BCUT2D eigenvalue weighted by atomic mass is 32.1. The highest BCUT2D eigenvalue weighted by Gasteiger charge is 2.48. The van der Waals surface area contributed by atoms with Gasteiger partial charge >= 0.3 is 11.9 Å². The van der Waals surface area contributed by atoms with Gasteiger partial charge in [-0.3, -0.25) is 14.5 Å². The Morgan fingerprint density at radius 2 is 1.85 bits per heavy atom. The van der Waals surface area contributed by atoms with E-state index in [-0.39, 0.29) is 27.9 Å². The fourth-order valence-electron chi connectivity index (χ4n) is 4.21. The van der Waals surface area contributed by atoms with Crippen molar-refractivity contribution < 1.29 is 33.7 Å². The van der Waals surface area contributed by atoms with E-state index >= 15 is 0 Å². The van der Waals surface area contributed by atoms with Gasteiger partial charge in [-0.2, -0.15) is 0 Å². The van der Waals surface area contributed by atoms with Gasteiger partial charge in [0, 0.05) is 5.56 Å². The number of methoxy groups -OCH3 is 1. The Hall–Kier alpha value is -4.44. The third kappa shape index (κ3) is 5.28. The molecule has 1 amide bonds. The number of thiazole rings is 1. The number of amides is 1. The van der Waals surface area contributed by atoms with E-state index in [4.69, 9.17) is 14.2 Å². The summed E-state index contributed by atoms with van der Waals surface area (Å²) in [5.74, 6) is -1.85. The second kappa shape index (κ2) is 11.5. The van der Waals surface area contributed by atoms with Gasteiger partial charge in [-0.25, -0.2) is 9.78 Å². The molecule has 1 unspecified atom stereocenters. The number of ether oxygens (including phenoxy) is 3. The number of aliphatic hydroxyl groups is 1. The lowest BCUT2D eigenvalue weighted by molar-refractivity contribution is -0.132. The molecule has 0 aliphatic carbocycles. The SMILES string of the molecule is C=CCOc1ccc(C2C(=C(O)c3ccc(C)cc3)C(=O)C(=O)N2c2nc(C)c(C(=O)OC)s2)cc1OCC. The topological polar surface area (TPSA) is 115 Å². The fourth-order valence-corrected chi connectivity index (χ4v) is 5.22. The molecule has 10 heteroatoms. The third-order valence-corrected chi connectivity index (χ3v) is 7.21. The van der Waals surface area contributed by atoms with E-state index in [0.717, 1.165) is 16.9 Å². The van der Waals surface area contributed by atoms with Crippen LogP contribution < -0.4 is 14.4 Å². The second-order valence-electron chi connectivity index (χ2n) is 8.68. The first-order valence-corrected chi connectivity index (χ1v) is 13.0. The Kier molecular flexibility index (Phi) is 8.15. The van der Waals surface area contributed by atoms with Crippen molar-refractivity contribution in [3.05, 3.63) is 88.0 Å². The number of benzene rings is 2. The molecule has 1 aliphatic heterocycles. The van der Waals surface area contributed by atoms with Gasteiger partial charge < -0.3 is 19.3 Å². The van der Waals surface area contributed by atoms with Crippen LogP contribution in [0.1, 0.15) is 45.0 Å². The predicted octanol–water partition coefficient (Wildman–Crippen LogP) is 5.14. The summed E-state index contributed by atoms with van der Waals surface area (Å²) >= 11 is 0.930. The maximum Gasteiger partial charge on any atom is 0.350 e. The summed E-state index contributed by atoms with van der Waals surface area (Å²) in [7, 11) is 1.25. The molecule has 1 N–H and O–H groups in total. The third-order valence-electron chi connectivity index (χ3n) is 6.07. The number of nitrogens with zero attached hydrogens (tertiary/aromatic N) is 2. The van der Waals surface area contributed by atoms with Crippen molar-refractivity contribution in [1.29, 1.82) is 0 Å². The van der Waals surface area contributed by atoms with E-state index in [1.807, 2.05) is 13.8 Å². The minimum Gasteiger partial charge on any atom is -0.507 e. The smallest absolute Gasteiger partial charge is 0.350 e. The van der Waals surface area contributed by atoms with Gasteiger partial charge in [0.2, 0.25) is 0 Å². The van der Waals surface area contributed by atoms with Crippen LogP contribution in [-0.4, -0.2) is 48.1 Å². The molecule has 0 saturated carbocycles. The number of carbonyl (C=O) groups excluding carboxylic acids is 3. The molecule has 2 heterocycles. The Morgan fingerprint density at radius 1 is 1.13 bits per heavy atom. The molecule has 1 saturated heterocycles. The number of Topliss-reactive ketones (excluding diaryl/α,β-unsaturated/α-hetero) is 1. The molecule has 1 atom stereocenters. The molecular weight excluding hydrogens is 520 g/mol. The van der Waals surface area contributed by atoms with Crippen LogP contribution in [0, 0.1) is 13.8 Å². The minimum atomic E-state index is -1.06. The maximum absolute atomic E-state index is 13.5. The molecule has 0 bridgehead atoms. The van der Waals surface area contributed by atoms with Crippen molar-refractivity contribution in [1.82, 2.24) is 4.98 Å². The zero-order valence-corrected chi connectivity index (χ0v) is 22.8. The normalized spacial score (nSPS) is 16.3. The number of aliphatic hydroxyl groups excluding tert-OH is 1. The first kappa shape index (κ1) is 27.6. The minimum absolute atomic E-state index is 0.112. The number of rotatable bonds is 9. The molecule has 9 nitrogen and oxygen atoms in total. The number of aryl methyl sites for hydroxylation is 2. The number of hydrogen-bond donors (Lipinski definition) is 1. The summed E-state index contributed by atoms with van der Waals surface area (Å²) in [6.07, 6.45) is 1.60. The second-order valence-corrected chi connectivity index (χ2v) is 9.65. The standard InChI is InChI=1S/C29H28N2O7S/c1-6-14-38-20-13-12-19(15-21(20)37-7-2)23-22(24(32)18-10-8-16(3)9-11-18)25(33)27(34)31(23)29-30-17(4)26(39-29)28(35)36-5/h6,8-13,15,23,32H,1,7,14H2,2-5H3. The summed E-state index contributed by atoms with van der Waals surface area (Å²) in [6.45, 7) is 9.59. The van der Waals surface area contributed by atoms with Crippen LogP contribution in [0.25, 0.3) is 5.76 Å². The molecule has 3 aromatic rings. The molecule has 2 aromatic carbocycles. The van der Waals surface area contributed by atoms with Crippen molar-refractivity contribution in [3.63, 3.8) is 0 Å². The first-order valence-electron chi connectivity index (χ1n) is 12.2. The number of esters is 1. The van der Waals surface area contributed by atoms with Gasteiger partial charge in [0.25, 0.3) is 5.78 Å². The maximum atomic E-state index is 13.5. The molecule has 202 valence electrons. The van der Waals surface area contributed by atoms with Crippen molar-refractivity contribution in [3.8, 4) is 11.5 Å². The number of hydrogen-bond acceptors (Lipinski definition) is 9. The van der Waals surface area contributed by atoms with Crippen LogP contribution in [-0.2, 0) is 14.3 Å². The predicted molar refractivity (Wildman–Crippen MR) is 147 cm³/mol. The van der Waals surface area contributed by atoms with Crippen molar-refractivity contribution >= 4 is 39.9 Å². The van der Waals surface area contributed by atoms with Gasteiger partial charge in [-0.1, -0.05) is 59.9 Å². The summed E-state index contributed by atoms with van der Waals surface area (Å²) in [4.78, 5) is 45.0. The van der Waals surface area contributed by atoms with Crippen LogP contribution in [0.15, 0.2) is 60.7 Å². The lowest BCUT2D eigenvalue weighted by Gasteiger charge is -2.24. The zero-order valence-electron chi connectivity index (χ0n) is 22.0. The molecule has 39 heavy (non-hydrogen) atoms. The Morgan fingerprint density at radius 3 is 2.49 bits per heavy atom.